The Morgan fingerprint density at radius 3 is 2.64 bits per heavy atom. The summed E-state index contributed by atoms with van der Waals surface area (Å²) < 4.78 is 5.73. The number of aliphatic carboxylic acids is 1. The first-order valence-corrected chi connectivity index (χ1v) is 9.77. The molecule has 2 saturated heterocycles. The van der Waals surface area contributed by atoms with Gasteiger partial charge in [0.1, 0.15) is 11.5 Å². The number of piperidine rings is 1. The molecule has 6 nitrogen and oxygen atoms in total. The van der Waals surface area contributed by atoms with E-state index in [0.717, 1.165) is 36.7 Å². The minimum atomic E-state index is -0.854. The van der Waals surface area contributed by atoms with Crippen LogP contribution in [-0.2, 0) is 16.1 Å². The van der Waals surface area contributed by atoms with Crippen LogP contribution in [0.15, 0.2) is 40.8 Å². The molecule has 148 valence electrons. The molecule has 0 radical (unpaired) electrons. The minimum Gasteiger partial charge on any atom is -0.481 e. The number of carbonyl (C=O) groups excluding carboxylic acids is 1. The number of carboxylic acid groups (broad SMARTS) is 1. The third kappa shape index (κ3) is 3.22. The number of carbonyl (C=O) groups is 2. The van der Waals surface area contributed by atoms with Gasteiger partial charge in [-0.15, -0.1) is 0 Å². The van der Waals surface area contributed by atoms with E-state index in [1.807, 2.05) is 31.2 Å². The zero-order valence-electron chi connectivity index (χ0n) is 16.4. The first kappa shape index (κ1) is 18.7. The van der Waals surface area contributed by atoms with Crippen LogP contribution in [0.3, 0.4) is 0 Å². The summed E-state index contributed by atoms with van der Waals surface area (Å²) in [6.45, 7) is 4.31. The van der Waals surface area contributed by atoms with Crippen molar-refractivity contribution >= 4 is 11.9 Å². The van der Waals surface area contributed by atoms with Crippen molar-refractivity contribution in [1.29, 1.82) is 0 Å². The quantitative estimate of drug-likeness (QED) is 0.879. The maximum atomic E-state index is 12.1. The van der Waals surface area contributed by atoms with Gasteiger partial charge in [0, 0.05) is 38.7 Å². The molecule has 2 aromatic rings. The highest BCUT2D eigenvalue weighted by molar-refractivity contribution is 5.88. The number of likely N-dealkylation sites (tertiary alicyclic amines) is 2. The Labute approximate surface area is 164 Å². The topological polar surface area (TPSA) is 74.0 Å². The molecule has 0 bridgehead atoms. The number of hydrogen-bond acceptors (Lipinski definition) is 4. The Morgan fingerprint density at radius 2 is 2.00 bits per heavy atom. The zero-order valence-corrected chi connectivity index (χ0v) is 16.4. The van der Waals surface area contributed by atoms with Crippen LogP contribution < -0.4 is 0 Å². The number of amides is 1. The summed E-state index contributed by atoms with van der Waals surface area (Å²) >= 11 is 0. The summed E-state index contributed by atoms with van der Waals surface area (Å²) in [5.41, 5.74) is 1.73. The molecule has 1 N–H and O–H groups in total. The van der Waals surface area contributed by atoms with Crippen LogP contribution in [0.5, 0.6) is 0 Å². The Hall–Kier alpha value is -2.60. The van der Waals surface area contributed by atoms with Gasteiger partial charge in [0.15, 0.2) is 0 Å². The Kier molecular flexibility index (Phi) is 4.75. The summed E-state index contributed by atoms with van der Waals surface area (Å²) in [6.07, 6.45) is 1.52. The van der Waals surface area contributed by atoms with Gasteiger partial charge in [-0.2, -0.15) is 0 Å². The maximum absolute atomic E-state index is 12.1. The van der Waals surface area contributed by atoms with E-state index in [0.29, 0.717) is 12.8 Å². The zero-order chi connectivity index (χ0) is 19.9. The second-order valence-corrected chi connectivity index (χ2v) is 8.04. The van der Waals surface area contributed by atoms with Gasteiger partial charge >= 0.3 is 5.97 Å². The SMILES string of the molecule is Cc1ccc(-c2cccc(CN3CCC4(CC3)[C@@H](C(=O)O)CC(=O)N4C)c2)o1. The summed E-state index contributed by atoms with van der Waals surface area (Å²) in [5, 5.41) is 9.61. The van der Waals surface area contributed by atoms with E-state index in [1.54, 1.807) is 11.9 Å². The van der Waals surface area contributed by atoms with Crippen molar-refractivity contribution in [2.45, 2.75) is 38.3 Å². The number of benzene rings is 1. The lowest BCUT2D eigenvalue weighted by Gasteiger charge is -2.45. The highest BCUT2D eigenvalue weighted by atomic mass is 16.4. The van der Waals surface area contributed by atoms with E-state index in [1.165, 1.54) is 5.56 Å². The van der Waals surface area contributed by atoms with Crippen molar-refractivity contribution in [3.05, 3.63) is 47.7 Å². The monoisotopic (exact) mass is 382 g/mol. The van der Waals surface area contributed by atoms with E-state index < -0.39 is 17.4 Å². The second-order valence-electron chi connectivity index (χ2n) is 8.04. The van der Waals surface area contributed by atoms with Crippen LogP contribution in [-0.4, -0.2) is 52.5 Å². The third-order valence-corrected chi connectivity index (χ3v) is 6.45. The van der Waals surface area contributed by atoms with Gasteiger partial charge in [0.25, 0.3) is 0 Å². The third-order valence-electron chi connectivity index (χ3n) is 6.45. The number of nitrogens with zero attached hydrogens (tertiary/aromatic N) is 2. The van der Waals surface area contributed by atoms with Crippen molar-refractivity contribution in [3.8, 4) is 11.3 Å². The normalized spacial score (nSPS) is 22.1. The lowest BCUT2D eigenvalue weighted by atomic mass is 9.77. The van der Waals surface area contributed by atoms with Crippen molar-refractivity contribution in [1.82, 2.24) is 9.80 Å². The lowest BCUT2D eigenvalue weighted by Crippen LogP contribution is -2.55. The van der Waals surface area contributed by atoms with E-state index in [-0.39, 0.29) is 12.3 Å². The smallest absolute Gasteiger partial charge is 0.309 e. The number of aryl methyl sites for hydroxylation is 1. The molecule has 2 aliphatic rings. The van der Waals surface area contributed by atoms with Crippen molar-refractivity contribution in [2.75, 3.05) is 20.1 Å². The van der Waals surface area contributed by atoms with E-state index >= 15 is 0 Å². The fraction of sp³-hybridized carbons (Fsp3) is 0.455. The van der Waals surface area contributed by atoms with Crippen LogP contribution in [0.2, 0.25) is 0 Å². The first-order valence-electron chi connectivity index (χ1n) is 9.77. The van der Waals surface area contributed by atoms with Gasteiger partial charge in [-0.25, -0.2) is 0 Å². The average Bonchev–Trinajstić information content (AvgIpc) is 3.21. The molecule has 4 rings (SSSR count). The molecular weight excluding hydrogens is 356 g/mol. The molecule has 1 spiro atoms. The second kappa shape index (κ2) is 7.09. The van der Waals surface area contributed by atoms with Crippen molar-refractivity contribution in [3.63, 3.8) is 0 Å². The first-order chi connectivity index (χ1) is 13.4. The Balaban J connectivity index is 1.45. The molecule has 1 aromatic carbocycles. The largest absolute Gasteiger partial charge is 0.481 e. The van der Waals surface area contributed by atoms with Gasteiger partial charge in [0.2, 0.25) is 5.91 Å². The number of furan rings is 1. The van der Waals surface area contributed by atoms with Crippen LogP contribution in [0.25, 0.3) is 11.3 Å². The molecule has 28 heavy (non-hydrogen) atoms. The predicted molar refractivity (Wildman–Crippen MR) is 105 cm³/mol. The molecule has 1 aromatic heterocycles. The van der Waals surface area contributed by atoms with Crippen LogP contribution in [0.1, 0.15) is 30.6 Å². The molecule has 1 atom stereocenters. The fourth-order valence-electron chi connectivity index (χ4n) is 4.75. The number of carboxylic acids is 1. The van der Waals surface area contributed by atoms with Gasteiger partial charge in [-0.3, -0.25) is 14.5 Å². The lowest BCUT2D eigenvalue weighted by molar-refractivity contribution is -0.146. The Morgan fingerprint density at radius 1 is 1.25 bits per heavy atom. The molecule has 0 unspecified atom stereocenters. The summed E-state index contributed by atoms with van der Waals surface area (Å²) in [4.78, 5) is 27.9. The highest BCUT2D eigenvalue weighted by Gasteiger charge is 2.55. The van der Waals surface area contributed by atoms with Gasteiger partial charge in [-0.05, 0) is 43.5 Å². The molecule has 2 aliphatic heterocycles. The fourth-order valence-corrected chi connectivity index (χ4v) is 4.75. The molecule has 1 amide bonds. The van der Waals surface area contributed by atoms with Gasteiger partial charge in [-0.1, -0.05) is 18.2 Å². The summed E-state index contributed by atoms with van der Waals surface area (Å²) in [6, 6.07) is 12.3. The molecule has 0 aliphatic carbocycles. The molecule has 3 heterocycles. The Bertz CT molecular complexity index is 895. The van der Waals surface area contributed by atoms with Crippen molar-refractivity contribution in [2.24, 2.45) is 5.92 Å². The van der Waals surface area contributed by atoms with Gasteiger partial charge < -0.3 is 14.4 Å². The minimum absolute atomic E-state index is 0.0534. The van der Waals surface area contributed by atoms with Crippen LogP contribution in [0, 0.1) is 12.8 Å². The van der Waals surface area contributed by atoms with E-state index in [2.05, 4.69) is 17.0 Å². The molecule has 0 saturated carbocycles. The van der Waals surface area contributed by atoms with E-state index in [4.69, 9.17) is 4.42 Å². The van der Waals surface area contributed by atoms with Crippen LogP contribution >= 0.6 is 0 Å². The number of rotatable bonds is 4. The molecule has 2 fully saturated rings. The van der Waals surface area contributed by atoms with Crippen LogP contribution in [0.4, 0.5) is 0 Å². The van der Waals surface area contributed by atoms with Gasteiger partial charge in [0.05, 0.1) is 11.5 Å². The average molecular weight is 382 g/mol. The molecule has 6 heteroatoms. The maximum Gasteiger partial charge on any atom is 0.309 e. The summed E-state index contributed by atoms with van der Waals surface area (Å²) in [5.74, 6) is 0.254. The highest BCUT2D eigenvalue weighted by Crippen LogP contribution is 2.43. The standard InChI is InChI=1S/C22H26N2O4/c1-15-6-7-19(28-15)17-5-3-4-16(12-17)14-24-10-8-22(9-11-24)18(21(26)27)13-20(25)23(22)2/h3-7,12,18H,8-11,13-14H2,1-2H3,(H,26,27)/t18-/m1/s1. The number of hydrogen-bond donors (Lipinski definition) is 1. The molecular formula is C22H26N2O4. The summed E-state index contributed by atoms with van der Waals surface area (Å²) in [7, 11) is 1.76. The van der Waals surface area contributed by atoms with Crippen molar-refractivity contribution < 1.29 is 19.1 Å². The predicted octanol–water partition coefficient (Wildman–Crippen LogP) is 3.15. The van der Waals surface area contributed by atoms with E-state index in [9.17, 15) is 14.7 Å².